The monoisotopic (exact) mass is 393 g/mol. The summed E-state index contributed by atoms with van der Waals surface area (Å²) >= 11 is 1.47. The molecule has 0 saturated carbocycles. The molecule has 0 aliphatic carbocycles. The van der Waals surface area contributed by atoms with Crippen molar-refractivity contribution in [2.75, 3.05) is 18.4 Å². The molecule has 2 atom stereocenters. The molecule has 2 unspecified atom stereocenters. The first-order valence-electron chi connectivity index (χ1n) is 8.53. The molecular formula is C19H24ClN3O2S. The highest BCUT2D eigenvalue weighted by Crippen LogP contribution is 2.24. The molecule has 1 aliphatic heterocycles. The van der Waals surface area contributed by atoms with E-state index in [1.807, 2.05) is 29.3 Å². The van der Waals surface area contributed by atoms with Crippen LogP contribution in [0.4, 0.5) is 5.69 Å². The summed E-state index contributed by atoms with van der Waals surface area (Å²) in [6.07, 6.45) is 2.01. The number of rotatable bonds is 4. The van der Waals surface area contributed by atoms with Crippen LogP contribution in [-0.4, -0.2) is 35.8 Å². The van der Waals surface area contributed by atoms with Gasteiger partial charge >= 0.3 is 0 Å². The van der Waals surface area contributed by atoms with E-state index in [0.29, 0.717) is 29.3 Å². The van der Waals surface area contributed by atoms with Gasteiger partial charge in [-0.15, -0.1) is 12.4 Å². The molecule has 3 N–H and O–H groups in total. The van der Waals surface area contributed by atoms with Crippen LogP contribution >= 0.6 is 23.7 Å². The number of carbonyl (C=O) groups excluding carboxylic acids is 2. The standard InChI is InChI=1S/C19H23N3O2S.ClH/c1-13(20)14-5-4-9-22(11-14)19(24)16-6-2-3-7-17(16)21-18(23)15-8-10-25-12-15;/h2-3,6-8,10,12-14H,4-5,9,11,20H2,1H3,(H,21,23);1H. The van der Waals surface area contributed by atoms with Gasteiger partial charge in [0.1, 0.15) is 0 Å². The summed E-state index contributed by atoms with van der Waals surface area (Å²) < 4.78 is 0. The second kappa shape index (κ2) is 9.16. The highest BCUT2D eigenvalue weighted by molar-refractivity contribution is 7.08. The molecule has 2 heterocycles. The smallest absolute Gasteiger partial charge is 0.256 e. The van der Waals surface area contributed by atoms with Crippen molar-refractivity contribution in [2.45, 2.75) is 25.8 Å². The average molecular weight is 394 g/mol. The molecule has 0 spiro atoms. The summed E-state index contributed by atoms with van der Waals surface area (Å²) in [4.78, 5) is 27.2. The zero-order valence-corrected chi connectivity index (χ0v) is 16.3. The number of para-hydroxylation sites is 1. The fourth-order valence-corrected chi connectivity index (χ4v) is 3.80. The predicted octanol–water partition coefficient (Wildman–Crippen LogP) is 3.62. The van der Waals surface area contributed by atoms with Crippen LogP contribution in [0.25, 0.3) is 0 Å². The molecule has 1 aliphatic rings. The van der Waals surface area contributed by atoms with E-state index in [2.05, 4.69) is 5.32 Å². The van der Waals surface area contributed by atoms with Gasteiger partial charge in [-0.05, 0) is 49.3 Å². The minimum Gasteiger partial charge on any atom is -0.338 e. The van der Waals surface area contributed by atoms with Crippen LogP contribution in [0.3, 0.4) is 0 Å². The summed E-state index contributed by atoms with van der Waals surface area (Å²) in [5, 5.41) is 6.51. The summed E-state index contributed by atoms with van der Waals surface area (Å²) in [6.45, 7) is 3.39. The zero-order chi connectivity index (χ0) is 17.8. The second-order valence-corrected chi connectivity index (χ2v) is 7.30. The lowest BCUT2D eigenvalue weighted by atomic mass is 9.91. The van der Waals surface area contributed by atoms with Crippen LogP contribution in [0.2, 0.25) is 0 Å². The van der Waals surface area contributed by atoms with Gasteiger partial charge in [-0.25, -0.2) is 0 Å². The van der Waals surface area contributed by atoms with E-state index in [-0.39, 0.29) is 30.3 Å². The molecular weight excluding hydrogens is 370 g/mol. The van der Waals surface area contributed by atoms with Crippen LogP contribution in [0.5, 0.6) is 0 Å². The quantitative estimate of drug-likeness (QED) is 0.832. The van der Waals surface area contributed by atoms with Gasteiger partial charge in [0.2, 0.25) is 0 Å². The number of nitrogens with one attached hydrogen (secondary N) is 1. The average Bonchev–Trinajstić information content (AvgIpc) is 3.16. The van der Waals surface area contributed by atoms with Gasteiger partial charge in [-0.3, -0.25) is 9.59 Å². The summed E-state index contributed by atoms with van der Waals surface area (Å²) in [7, 11) is 0. The van der Waals surface area contributed by atoms with Crippen molar-refractivity contribution in [1.29, 1.82) is 0 Å². The Kier molecular flexibility index (Phi) is 7.20. The molecule has 2 amide bonds. The maximum absolute atomic E-state index is 13.0. The lowest BCUT2D eigenvalue weighted by molar-refractivity contribution is 0.0662. The van der Waals surface area contributed by atoms with Crippen molar-refractivity contribution in [3.05, 3.63) is 52.2 Å². The minimum absolute atomic E-state index is 0. The zero-order valence-electron chi connectivity index (χ0n) is 14.7. The highest BCUT2D eigenvalue weighted by Gasteiger charge is 2.27. The molecule has 7 heteroatoms. The molecule has 0 radical (unpaired) electrons. The number of likely N-dealkylation sites (tertiary alicyclic amines) is 1. The molecule has 3 rings (SSSR count). The van der Waals surface area contributed by atoms with Gasteiger partial charge in [-0.1, -0.05) is 12.1 Å². The van der Waals surface area contributed by atoms with Gasteiger partial charge in [0.25, 0.3) is 11.8 Å². The van der Waals surface area contributed by atoms with E-state index in [1.54, 1.807) is 23.6 Å². The number of amides is 2. The normalized spacial score (nSPS) is 17.9. The van der Waals surface area contributed by atoms with Crippen molar-refractivity contribution >= 4 is 41.2 Å². The molecule has 1 aromatic heterocycles. The largest absolute Gasteiger partial charge is 0.338 e. The van der Waals surface area contributed by atoms with Crippen LogP contribution in [0.1, 0.15) is 40.5 Å². The Morgan fingerprint density at radius 1 is 1.31 bits per heavy atom. The van der Waals surface area contributed by atoms with E-state index < -0.39 is 0 Å². The van der Waals surface area contributed by atoms with E-state index in [0.717, 1.165) is 19.4 Å². The van der Waals surface area contributed by atoms with Crippen LogP contribution < -0.4 is 11.1 Å². The summed E-state index contributed by atoms with van der Waals surface area (Å²) in [6, 6.07) is 9.01. The lowest BCUT2D eigenvalue weighted by Gasteiger charge is -2.35. The number of thiophene rings is 1. The molecule has 140 valence electrons. The number of halogens is 1. The fraction of sp³-hybridized carbons (Fsp3) is 0.368. The lowest BCUT2D eigenvalue weighted by Crippen LogP contribution is -2.45. The Labute approximate surface area is 164 Å². The van der Waals surface area contributed by atoms with Crippen LogP contribution in [-0.2, 0) is 0 Å². The summed E-state index contributed by atoms with van der Waals surface area (Å²) in [5.74, 6) is 0.0745. The minimum atomic E-state index is -0.200. The molecule has 0 bridgehead atoms. The summed E-state index contributed by atoms with van der Waals surface area (Å²) in [5.41, 5.74) is 7.70. The highest BCUT2D eigenvalue weighted by atomic mass is 35.5. The van der Waals surface area contributed by atoms with Gasteiger partial charge in [0.15, 0.2) is 0 Å². The van der Waals surface area contributed by atoms with E-state index in [1.165, 1.54) is 11.3 Å². The molecule has 26 heavy (non-hydrogen) atoms. The van der Waals surface area contributed by atoms with E-state index in [4.69, 9.17) is 5.73 Å². The number of hydrogen-bond acceptors (Lipinski definition) is 4. The third kappa shape index (κ3) is 4.63. The van der Waals surface area contributed by atoms with Crippen molar-refractivity contribution in [3.8, 4) is 0 Å². The maximum atomic E-state index is 13.0. The molecule has 5 nitrogen and oxygen atoms in total. The first kappa shape index (κ1) is 20.4. The molecule has 1 aromatic carbocycles. The number of anilines is 1. The van der Waals surface area contributed by atoms with E-state index in [9.17, 15) is 9.59 Å². The topological polar surface area (TPSA) is 75.4 Å². The number of benzene rings is 1. The van der Waals surface area contributed by atoms with Gasteiger partial charge < -0.3 is 16.0 Å². The number of piperidine rings is 1. The number of nitrogens with zero attached hydrogens (tertiary/aromatic N) is 1. The Hall–Kier alpha value is -1.89. The predicted molar refractivity (Wildman–Crippen MR) is 108 cm³/mol. The van der Waals surface area contributed by atoms with Crippen molar-refractivity contribution in [2.24, 2.45) is 11.7 Å². The fourth-order valence-electron chi connectivity index (χ4n) is 3.16. The third-order valence-corrected chi connectivity index (χ3v) is 5.36. The SMILES string of the molecule is CC(N)C1CCCN(C(=O)c2ccccc2NC(=O)c2ccsc2)C1.Cl. The van der Waals surface area contributed by atoms with Crippen molar-refractivity contribution < 1.29 is 9.59 Å². The maximum Gasteiger partial charge on any atom is 0.256 e. The Morgan fingerprint density at radius 2 is 2.08 bits per heavy atom. The van der Waals surface area contributed by atoms with Crippen LogP contribution in [0.15, 0.2) is 41.1 Å². The Bertz CT molecular complexity index is 749. The van der Waals surface area contributed by atoms with E-state index >= 15 is 0 Å². The molecule has 1 saturated heterocycles. The van der Waals surface area contributed by atoms with Gasteiger partial charge in [0.05, 0.1) is 16.8 Å². The number of hydrogen-bond donors (Lipinski definition) is 2. The molecule has 2 aromatic rings. The van der Waals surface area contributed by atoms with Crippen molar-refractivity contribution in [1.82, 2.24) is 4.90 Å². The Morgan fingerprint density at radius 3 is 2.77 bits per heavy atom. The molecule has 1 fully saturated rings. The van der Waals surface area contributed by atoms with Gasteiger partial charge in [0, 0.05) is 24.5 Å². The number of nitrogens with two attached hydrogens (primary N) is 1. The first-order valence-corrected chi connectivity index (χ1v) is 9.48. The number of carbonyl (C=O) groups is 2. The van der Waals surface area contributed by atoms with Crippen LogP contribution in [0, 0.1) is 5.92 Å². The van der Waals surface area contributed by atoms with Crippen molar-refractivity contribution in [3.63, 3.8) is 0 Å². The Balaban J connectivity index is 0.00000243. The third-order valence-electron chi connectivity index (χ3n) is 4.68. The second-order valence-electron chi connectivity index (χ2n) is 6.52. The first-order chi connectivity index (χ1) is 12.1. The van der Waals surface area contributed by atoms with Gasteiger partial charge in [-0.2, -0.15) is 11.3 Å².